The van der Waals surface area contributed by atoms with Crippen LogP contribution in [0.1, 0.15) is 13.3 Å². The lowest BCUT2D eigenvalue weighted by Crippen LogP contribution is -2.32. The van der Waals surface area contributed by atoms with Crippen LogP contribution in [0.4, 0.5) is 0 Å². The van der Waals surface area contributed by atoms with Crippen molar-refractivity contribution in [3.63, 3.8) is 0 Å². The van der Waals surface area contributed by atoms with Gasteiger partial charge < -0.3 is 10.3 Å². The highest BCUT2D eigenvalue weighted by molar-refractivity contribution is 6.04. The number of H-pyrrole nitrogens is 1. The first-order valence-electron chi connectivity index (χ1n) is 6.93. The number of fused-ring (bicyclic) bond motifs is 3. The van der Waals surface area contributed by atoms with Gasteiger partial charge in [-0.05, 0) is 12.5 Å². The Bertz CT molecular complexity index is 863. The highest BCUT2D eigenvalue weighted by atomic mass is 16.2. The van der Waals surface area contributed by atoms with E-state index in [9.17, 15) is 9.59 Å². The number of benzene rings is 1. The first-order chi connectivity index (χ1) is 10.2. The Kier molecular flexibility index (Phi) is 3.43. The van der Waals surface area contributed by atoms with Gasteiger partial charge in [0, 0.05) is 17.4 Å². The molecule has 0 spiro atoms. The average molecular weight is 284 g/mol. The summed E-state index contributed by atoms with van der Waals surface area (Å²) in [6, 6.07) is 7.61. The second-order valence-corrected chi connectivity index (χ2v) is 4.92. The van der Waals surface area contributed by atoms with Gasteiger partial charge in [-0.25, -0.2) is 4.98 Å². The maximum atomic E-state index is 12.4. The molecule has 0 aliphatic carbocycles. The Morgan fingerprint density at radius 3 is 3.00 bits per heavy atom. The molecule has 3 rings (SSSR count). The van der Waals surface area contributed by atoms with Crippen LogP contribution >= 0.6 is 0 Å². The number of carbonyl (C=O) groups is 1. The molecule has 0 saturated heterocycles. The van der Waals surface area contributed by atoms with Crippen LogP contribution in [-0.2, 0) is 11.3 Å². The Balaban J connectivity index is 2.02. The monoisotopic (exact) mass is 284 g/mol. The molecule has 1 aromatic carbocycles. The molecule has 2 N–H and O–H groups in total. The second-order valence-electron chi connectivity index (χ2n) is 4.92. The average Bonchev–Trinajstić information content (AvgIpc) is 2.87. The Morgan fingerprint density at radius 1 is 1.38 bits per heavy atom. The third kappa shape index (κ3) is 2.40. The van der Waals surface area contributed by atoms with E-state index in [-0.39, 0.29) is 18.0 Å². The van der Waals surface area contributed by atoms with E-state index in [0.717, 1.165) is 17.3 Å². The SMILES string of the molecule is CCCNC(=O)Cn1cnc2c([nH]c3ccccc32)c1=O. The summed E-state index contributed by atoms with van der Waals surface area (Å²) >= 11 is 0. The van der Waals surface area contributed by atoms with E-state index < -0.39 is 0 Å². The van der Waals surface area contributed by atoms with Crippen LogP contribution in [0.5, 0.6) is 0 Å². The van der Waals surface area contributed by atoms with E-state index in [0.29, 0.717) is 17.6 Å². The number of hydrogen-bond acceptors (Lipinski definition) is 3. The number of aromatic amines is 1. The van der Waals surface area contributed by atoms with E-state index in [4.69, 9.17) is 0 Å². The smallest absolute Gasteiger partial charge is 0.278 e. The largest absolute Gasteiger partial charge is 0.355 e. The number of amides is 1. The molecular formula is C15H16N4O2. The number of aromatic nitrogens is 3. The highest BCUT2D eigenvalue weighted by Gasteiger charge is 2.11. The summed E-state index contributed by atoms with van der Waals surface area (Å²) in [4.78, 5) is 31.5. The van der Waals surface area contributed by atoms with Crippen molar-refractivity contribution in [3.05, 3.63) is 40.9 Å². The van der Waals surface area contributed by atoms with Crippen molar-refractivity contribution in [1.29, 1.82) is 0 Å². The van der Waals surface area contributed by atoms with Crippen LogP contribution in [0.15, 0.2) is 35.4 Å². The molecular weight excluding hydrogens is 268 g/mol. The minimum atomic E-state index is -0.233. The van der Waals surface area contributed by atoms with E-state index in [1.165, 1.54) is 10.9 Å². The van der Waals surface area contributed by atoms with Gasteiger partial charge in [-0.2, -0.15) is 0 Å². The molecule has 2 aromatic heterocycles. The fraction of sp³-hybridized carbons (Fsp3) is 0.267. The van der Waals surface area contributed by atoms with Crippen molar-refractivity contribution in [2.45, 2.75) is 19.9 Å². The summed E-state index contributed by atoms with van der Waals surface area (Å²) in [6.45, 7) is 2.57. The Morgan fingerprint density at radius 2 is 2.19 bits per heavy atom. The fourth-order valence-corrected chi connectivity index (χ4v) is 2.33. The molecule has 0 aliphatic rings. The molecule has 0 bridgehead atoms. The molecule has 0 aliphatic heterocycles. The van der Waals surface area contributed by atoms with E-state index >= 15 is 0 Å². The zero-order valence-electron chi connectivity index (χ0n) is 11.7. The van der Waals surface area contributed by atoms with Crippen LogP contribution in [0.3, 0.4) is 0 Å². The number of nitrogens with one attached hydrogen (secondary N) is 2. The summed E-state index contributed by atoms with van der Waals surface area (Å²) < 4.78 is 1.32. The van der Waals surface area contributed by atoms with Gasteiger partial charge in [0.1, 0.15) is 17.6 Å². The Hall–Kier alpha value is -2.63. The summed E-state index contributed by atoms with van der Waals surface area (Å²) in [5.41, 5.74) is 1.70. The predicted molar refractivity (Wildman–Crippen MR) is 81.2 cm³/mol. The van der Waals surface area contributed by atoms with Gasteiger partial charge in [-0.3, -0.25) is 14.2 Å². The van der Waals surface area contributed by atoms with Gasteiger partial charge in [-0.15, -0.1) is 0 Å². The lowest BCUT2D eigenvalue weighted by Gasteiger charge is -2.05. The molecule has 0 fully saturated rings. The second kappa shape index (κ2) is 5.40. The van der Waals surface area contributed by atoms with E-state index in [1.54, 1.807) is 0 Å². The van der Waals surface area contributed by atoms with Gasteiger partial charge in [0.15, 0.2) is 0 Å². The molecule has 0 radical (unpaired) electrons. The van der Waals surface area contributed by atoms with Crippen molar-refractivity contribution in [2.24, 2.45) is 0 Å². The van der Waals surface area contributed by atoms with E-state index in [2.05, 4.69) is 15.3 Å². The maximum absolute atomic E-state index is 12.4. The predicted octanol–water partition coefficient (Wildman–Crippen LogP) is 1.40. The van der Waals surface area contributed by atoms with Crippen LogP contribution in [0, 0.1) is 0 Å². The minimum Gasteiger partial charge on any atom is -0.355 e. The lowest BCUT2D eigenvalue weighted by atomic mass is 10.2. The number of hydrogen-bond donors (Lipinski definition) is 2. The molecule has 0 saturated carbocycles. The zero-order valence-corrected chi connectivity index (χ0v) is 11.7. The summed E-state index contributed by atoms with van der Waals surface area (Å²) in [5, 5.41) is 3.66. The molecule has 2 heterocycles. The van der Waals surface area contributed by atoms with Gasteiger partial charge in [0.05, 0.1) is 6.33 Å². The van der Waals surface area contributed by atoms with Gasteiger partial charge in [-0.1, -0.05) is 25.1 Å². The van der Waals surface area contributed by atoms with E-state index in [1.807, 2.05) is 31.2 Å². The number of carbonyl (C=O) groups excluding carboxylic acids is 1. The van der Waals surface area contributed by atoms with Crippen molar-refractivity contribution >= 4 is 27.8 Å². The van der Waals surface area contributed by atoms with Crippen LogP contribution < -0.4 is 10.9 Å². The first kappa shape index (κ1) is 13.4. The topological polar surface area (TPSA) is 79.8 Å². The number of nitrogens with zero attached hydrogens (tertiary/aromatic N) is 2. The highest BCUT2D eigenvalue weighted by Crippen LogP contribution is 2.20. The molecule has 3 aromatic rings. The lowest BCUT2D eigenvalue weighted by molar-refractivity contribution is -0.121. The zero-order chi connectivity index (χ0) is 14.8. The summed E-state index contributed by atoms with van der Waals surface area (Å²) in [7, 11) is 0. The van der Waals surface area contributed by atoms with Gasteiger partial charge in [0.25, 0.3) is 5.56 Å². The molecule has 1 amide bonds. The van der Waals surface area contributed by atoms with Gasteiger partial charge >= 0.3 is 0 Å². The first-order valence-corrected chi connectivity index (χ1v) is 6.93. The number of para-hydroxylation sites is 1. The molecule has 0 unspecified atom stereocenters. The van der Waals surface area contributed by atoms with Crippen LogP contribution in [-0.4, -0.2) is 27.0 Å². The Labute approximate surface area is 120 Å². The van der Waals surface area contributed by atoms with Crippen molar-refractivity contribution in [1.82, 2.24) is 19.9 Å². The maximum Gasteiger partial charge on any atom is 0.278 e. The molecule has 108 valence electrons. The summed E-state index contributed by atoms with van der Waals surface area (Å²) in [5.74, 6) is -0.184. The van der Waals surface area contributed by atoms with Crippen molar-refractivity contribution in [3.8, 4) is 0 Å². The van der Waals surface area contributed by atoms with Crippen molar-refractivity contribution < 1.29 is 4.79 Å². The minimum absolute atomic E-state index is 0.0167. The van der Waals surface area contributed by atoms with Crippen molar-refractivity contribution in [2.75, 3.05) is 6.54 Å². The van der Waals surface area contributed by atoms with Crippen LogP contribution in [0.25, 0.3) is 21.9 Å². The molecule has 0 atom stereocenters. The fourth-order valence-electron chi connectivity index (χ4n) is 2.33. The van der Waals surface area contributed by atoms with Gasteiger partial charge in [0.2, 0.25) is 5.91 Å². The van der Waals surface area contributed by atoms with Crippen LogP contribution in [0.2, 0.25) is 0 Å². The molecule has 6 heteroatoms. The number of rotatable bonds is 4. The quantitative estimate of drug-likeness (QED) is 0.760. The standard InChI is InChI=1S/C15H16N4O2/c1-2-7-16-12(20)8-19-9-17-13-10-5-3-4-6-11(10)18-14(13)15(19)21/h3-6,9,18H,2,7-8H2,1H3,(H,16,20). The summed E-state index contributed by atoms with van der Waals surface area (Å²) in [6.07, 6.45) is 2.29. The third-order valence-corrected chi connectivity index (χ3v) is 3.37. The molecule has 21 heavy (non-hydrogen) atoms. The molecule has 6 nitrogen and oxygen atoms in total. The normalized spacial score (nSPS) is 11.1. The third-order valence-electron chi connectivity index (χ3n) is 3.37.